The van der Waals surface area contributed by atoms with Gasteiger partial charge in [-0.05, 0) is 53.5 Å². The number of benzene rings is 2. The molecule has 1 heterocycles. The standard InChI is InChI=1S/C26H29N3O2S/c1-17(2)18-9-11-19(12-10-18)25(23-8-5-15-32-23)27-16-24(30)29-22-7-4-3-6-21(22)26(31)28-20-13-14-20/h3-12,15,17,20,25,27H,13-14,16H2,1-2H3,(H,28,31)(H,29,30)/t25-/m1/s1. The van der Waals surface area contributed by atoms with Gasteiger partial charge in [0, 0.05) is 10.9 Å². The van der Waals surface area contributed by atoms with E-state index in [2.05, 4.69) is 60.1 Å². The fourth-order valence-corrected chi connectivity index (χ4v) is 4.41. The van der Waals surface area contributed by atoms with Crippen LogP contribution in [0.3, 0.4) is 0 Å². The largest absolute Gasteiger partial charge is 0.349 e. The van der Waals surface area contributed by atoms with Gasteiger partial charge < -0.3 is 10.6 Å². The number of carbonyl (C=O) groups excluding carboxylic acids is 2. The minimum atomic E-state index is -0.183. The van der Waals surface area contributed by atoms with Crippen molar-refractivity contribution >= 4 is 28.8 Å². The lowest BCUT2D eigenvalue weighted by molar-refractivity contribution is -0.115. The van der Waals surface area contributed by atoms with E-state index in [4.69, 9.17) is 0 Å². The van der Waals surface area contributed by atoms with Gasteiger partial charge in [0.2, 0.25) is 5.91 Å². The number of para-hydroxylation sites is 1. The Labute approximate surface area is 193 Å². The minimum absolute atomic E-state index is 0.0737. The van der Waals surface area contributed by atoms with E-state index in [0.29, 0.717) is 17.2 Å². The Bertz CT molecular complexity index is 1060. The zero-order valence-electron chi connectivity index (χ0n) is 18.4. The fourth-order valence-electron chi connectivity index (χ4n) is 3.58. The Kier molecular flexibility index (Phi) is 7.02. The molecule has 166 valence electrons. The van der Waals surface area contributed by atoms with Crippen molar-refractivity contribution in [3.8, 4) is 0 Å². The SMILES string of the molecule is CC(C)c1ccc([C@@H](NCC(=O)Nc2ccccc2C(=O)NC2CC2)c2cccs2)cc1. The van der Waals surface area contributed by atoms with Gasteiger partial charge in [-0.1, -0.05) is 56.3 Å². The summed E-state index contributed by atoms with van der Waals surface area (Å²) in [7, 11) is 0. The molecule has 1 saturated carbocycles. The van der Waals surface area contributed by atoms with Gasteiger partial charge in [0.15, 0.2) is 0 Å². The highest BCUT2D eigenvalue weighted by molar-refractivity contribution is 7.10. The number of hydrogen-bond donors (Lipinski definition) is 3. The van der Waals surface area contributed by atoms with Crippen LogP contribution in [0.15, 0.2) is 66.0 Å². The van der Waals surface area contributed by atoms with E-state index in [9.17, 15) is 9.59 Å². The first-order valence-corrected chi connectivity index (χ1v) is 12.0. The summed E-state index contributed by atoms with van der Waals surface area (Å²) in [5.74, 6) is 0.148. The molecule has 1 aliphatic carbocycles. The molecule has 2 amide bonds. The highest BCUT2D eigenvalue weighted by atomic mass is 32.1. The highest BCUT2D eigenvalue weighted by Gasteiger charge is 2.25. The lowest BCUT2D eigenvalue weighted by Crippen LogP contribution is -2.32. The second-order valence-electron chi connectivity index (χ2n) is 8.49. The van der Waals surface area contributed by atoms with E-state index in [1.165, 1.54) is 5.56 Å². The number of thiophene rings is 1. The number of carbonyl (C=O) groups is 2. The average Bonchev–Trinajstić information content (AvgIpc) is 3.44. The van der Waals surface area contributed by atoms with E-state index < -0.39 is 0 Å². The summed E-state index contributed by atoms with van der Waals surface area (Å²) < 4.78 is 0. The van der Waals surface area contributed by atoms with Crippen LogP contribution in [0.25, 0.3) is 0 Å². The van der Waals surface area contributed by atoms with Crippen LogP contribution in [0.4, 0.5) is 5.69 Å². The molecule has 0 radical (unpaired) electrons. The predicted molar refractivity (Wildman–Crippen MR) is 130 cm³/mol. The molecule has 1 aliphatic rings. The van der Waals surface area contributed by atoms with Gasteiger partial charge in [-0.2, -0.15) is 0 Å². The van der Waals surface area contributed by atoms with Crippen molar-refractivity contribution in [3.63, 3.8) is 0 Å². The van der Waals surface area contributed by atoms with Crippen molar-refractivity contribution in [2.24, 2.45) is 0 Å². The quantitative estimate of drug-likeness (QED) is 0.428. The molecule has 3 N–H and O–H groups in total. The van der Waals surface area contributed by atoms with Crippen LogP contribution in [-0.4, -0.2) is 24.4 Å². The Morgan fingerprint density at radius 1 is 0.969 bits per heavy atom. The second-order valence-corrected chi connectivity index (χ2v) is 9.47. The van der Waals surface area contributed by atoms with Crippen LogP contribution < -0.4 is 16.0 Å². The molecule has 0 aliphatic heterocycles. The van der Waals surface area contributed by atoms with Crippen molar-refractivity contribution in [2.45, 2.75) is 44.7 Å². The molecular formula is C26H29N3O2S. The van der Waals surface area contributed by atoms with Gasteiger partial charge in [0.1, 0.15) is 0 Å². The highest BCUT2D eigenvalue weighted by Crippen LogP contribution is 2.27. The van der Waals surface area contributed by atoms with Crippen LogP contribution in [0.2, 0.25) is 0 Å². The lowest BCUT2D eigenvalue weighted by atomic mass is 9.98. The summed E-state index contributed by atoms with van der Waals surface area (Å²) in [5.41, 5.74) is 3.43. The van der Waals surface area contributed by atoms with Crippen LogP contribution in [0.1, 0.15) is 65.0 Å². The van der Waals surface area contributed by atoms with E-state index in [0.717, 1.165) is 23.3 Å². The van der Waals surface area contributed by atoms with Gasteiger partial charge in [-0.3, -0.25) is 14.9 Å². The first-order valence-electron chi connectivity index (χ1n) is 11.1. The second kappa shape index (κ2) is 10.1. The summed E-state index contributed by atoms with van der Waals surface area (Å²) in [4.78, 5) is 26.4. The Morgan fingerprint density at radius 3 is 2.34 bits per heavy atom. The van der Waals surface area contributed by atoms with Crippen LogP contribution in [0, 0.1) is 0 Å². The van der Waals surface area contributed by atoms with Crippen LogP contribution in [-0.2, 0) is 4.79 Å². The zero-order valence-corrected chi connectivity index (χ0v) is 19.2. The summed E-state index contributed by atoms with van der Waals surface area (Å²) >= 11 is 1.66. The lowest BCUT2D eigenvalue weighted by Gasteiger charge is -2.19. The Hall–Kier alpha value is -2.96. The maximum atomic E-state index is 12.8. The third-order valence-corrected chi connectivity index (χ3v) is 6.53. The maximum absolute atomic E-state index is 12.8. The third kappa shape index (κ3) is 5.64. The van der Waals surface area contributed by atoms with Crippen molar-refractivity contribution in [2.75, 3.05) is 11.9 Å². The molecule has 0 unspecified atom stereocenters. The third-order valence-electron chi connectivity index (χ3n) is 5.59. The number of anilines is 1. The molecule has 1 atom stereocenters. The number of amides is 2. The van der Waals surface area contributed by atoms with Crippen molar-refractivity contribution in [1.82, 2.24) is 10.6 Å². The smallest absolute Gasteiger partial charge is 0.253 e. The fraction of sp³-hybridized carbons (Fsp3) is 0.308. The molecule has 4 rings (SSSR count). The van der Waals surface area contributed by atoms with Crippen molar-refractivity contribution in [1.29, 1.82) is 0 Å². The summed E-state index contributed by atoms with van der Waals surface area (Å²) in [6, 6.07) is 20.0. The number of hydrogen-bond acceptors (Lipinski definition) is 4. The molecule has 1 aromatic heterocycles. The van der Waals surface area contributed by atoms with Gasteiger partial charge >= 0.3 is 0 Å². The van der Waals surface area contributed by atoms with Crippen molar-refractivity contribution < 1.29 is 9.59 Å². The first kappa shape index (κ1) is 22.2. The summed E-state index contributed by atoms with van der Waals surface area (Å²) in [6.45, 7) is 4.49. The molecule has 3 aromatic rings. The minimum Gasteiger partial charge on any atom is -0.349 e. The van der Waals surface area contributed by atoms with Crippen LogP contribution in [0.5, 0.6) is 0 Å². The topological polar surface area (TPSA) is 70.2 Å². The van der Waals surface area contributed by atoms with Gasteiger partial charge in [-0.15, -0.1) is 11.3 Å². The van der Waals surface area contributed by atoms with E-state index in [1.807, 2.05) is 23.6 Å². The van der Waals surface area contributed by atoms with E-state index in [-0.39, 0.29) is 30.4 Å². The molecule has 0 spiro atoms. The molecular weight excluding hydrogens is 418 g/mol. The molecule has 0 bridgehead atoms. The van der Waals surface area contributed by atoms with Crippen molar-refractivity contribution in [3.05, 3.63) is 87.6 Å². The van der Waals surface area contributed by atoms with E-state index >= 15 is 0 Å². The monoisotopic (exact) mass is 447 g/mol. The molecule has 32 heavy (non-hydrogen) atoms. The Balaban J connectivity index is 1.43. The molecule has 0 saturated heterocycles. The average molecular weight is 448 g/mol. The molecule has 1 fully saturated rings. The van der Waals surface area contributed by atoms with Gasteiger partial charge in [0.25, 0.3) is 5.91 Å². The van der Waals surface area contributed by atoms with Crippen LogP contribution >= 0.6 is 11.3 Å². The predicted octanol–water partition coefficient (Wildman–Crippen LogP) is 5.08. The normalized spacial score (nSPS) is 14.2. The Morgan fingerprint density at radius 2 is 1.69 bits per heavy atom. The number of rotatable bonds is 9. The molecule has 5 nitrogen and oxygen atoms in total. The number of nitrogens with one attached hydrogen (secondary N) is 3. The van der Waals surface area contributed by atoms with Gasteiger partial charge in [0.05, 0.1) is 23.8 Å². The maximum Gasteiger partial charge on any atom is 0.253 e. The molecule has 6 heteroatoms. The van der Waals surface area contributed by atoms with Gasteiger partial charge in [-0.25, -0.2) is 0 Å². The summed E-state index contributed by atoms with van der Waals surface area (Å²) in [6.07, 6.45) is 2.04. The zero-order chi connectivity index (χ0) is 22.5. The van der Waals surface area contributed by atoms with E-state index in [1.54, 1.807) is 23.5 Å². The molecule has 2 aromatic carbocycles. The summed E-state index contributed by atoms with van der Waals surface area (Å²) in [5, 5.41) is 11.3. The first-order chi connectivity index (χ1) is 15.5.